The Labute approximate surface area is 443 Å². The highest BCUT2D eigenvalue weighted by Crippen LogP contribution is 2.18. The first-order valence-corrected chi connectivity index (χ1v) is 32.1. The zero-order chi connectivity index (χ0) is 51.4. The second-order valence-electron chi connectivity index (χ2n) is 22.1. The van der Waals surface area contributed by atoms with E-state index >= 15 is 0 Å². The molecule has 2 atom stereocenters. The number of rotatable bonds is 60. The number of allylic oxidation sites excluding steroid dienone is 4. The second-order valence-corrected chi connectivity index (χ2v) is 22.1. The van der Waals surface area contributed by atoms with Crippen LogP contribution in [0, 0.1) is 0 Å². The molecule has 0 fully saturated rings. The summed E-state index contributed by atoms with van der Waals surface area (Å²) in [7, 11) is 0. The van der Waals surface area contributed by atoms with Gasteiger partial charge in [0.1, 0.15) is 0 Å². The smallest absolute Gasteiger partial charge is 0.305 e. The first kappa shape index (κ1) is 69.3. The van der Waals surface area contributed by atoms with Gasteiger partial charge in [0.05, 0.1) is 25.4 Å². The molecule has 0 saturated heterocycles. The Morgan fingerprint density at radius 2 is 0.662 bits per heavy atom. The van der Waals surface area contributed by atoms with Gasteiger partial charge in [0.2, 0.25) is 5.91 Å². The van der Waals surface area contributed by atoms with Crippen molar-refractivity contribution in [2.75, 3.05) is 13.2 Å². The number of aliphatic hydroxyl groups excluding tert-OH is 2. The maximum atomic E-state index is 12.5. The first-order valence-electron chi connectivity index (χ1n) is 32.1. The molecule has 1 amide bonds. The van der Waals surface area contributed by atoms with Crippen molar-refractivity contribution < 1.29 is 24.5 Å². The molecule has 0 aromatic rings. The molecule has 420 valence electrons. The van der Waals surface area contributed by atoms with Gasteiger partial charge in [-0.3, -0.25) is 9.59 Å². The number of hydrogen-bond acceptors (Lipinski definition) is 5. The molecule has 0 aliphatic heterocycles. The lowest BCUT2D eigenvalue weighted by Gasteiger charge is -2.22. The van der Waals surface area contributed by atoms with Gasteiger partial charge in [0.25, 0.3) is 0 Å². The molecule has 0 aliphatic rings. The lowest BCUT2D eigenvalue weighted by atomic mass is 10.0. The molecule has 71 heavy (non-hydrogen) atoms. The predicted molar refractivity (Wildman–Crippen MR) is 310 cm³/mol. The Kier molecular flexibility index (Phi) is 59.5. The van der Waals surface area contributed by atoms with Crippen LogP contribution in [-0.4, -0.2) is 47.4 Å². The Bertz CT molecular complexity index is 1110. The SMILES string of the molecule is CCCCCCCCC/C=C\CCCCCCCCCC(=O)OCCCCCCCC/C=C\CCCCCCCCCC(=O)NC(CO)C(O)CCCCCCCCCCCCCCCCCCCCC. The summed E-state index contributed by atoms with van der Waals surface area (Å²) >= 11 is 0. The number of carbonyl (C=O) groups excluding carboxylic acids is 2. The number of unbranched alkanes of at least 4 members (excludes halogenated alkanes) is 45. The maximum absolute atomic E-state index is 12.5. The normalized spacial score (nSPS) is 12.7. The molecule has 6 nitrogen and oxygen atoms in total. The van der Waals surface area contributed by atoms with E-state index in [0.717, 1.165) is 57.8 Å². The third-order valence-corrected chi connectivity index (χ3v) is 15.0. The van der Waals surface area contributed by atoms with Crippen molar-refractivity contribution in [2.45, 2.75) is 366 Å². The minimum absolute atomic E-state index is 0.00392. The van der Waals surface area contributed by atoms with Crippen LogP contribution >= 0.6 is 0 Å². The third kappa shape index (κ3) is 57.5. The van der Waals surface area contributed by atoms with E-state index in [1.807, 2.05) is 0 Å². The van der Waals surface area contributed by atoms with Crippen molar-refractivity contribution in [3.8, 4) is 0 Å². The second kappa shape index (κ2) is 60.9. The molecule has 0 heterocycles. The Balaban J connectivity index is 3.44. The van der Waals surface area contributed by atoms with Crippen LogP contribution in [-0.2, 0) is 14.3 Å². The predicted octanol–water partition coefficient (Wildman–Crippen LogP) is 20.2. The van der Waals surface area contributed by atoms with Gasteiger partial charge in [-0.1, -0.05) is 289 Å². The molecule has 0 aromatic carbocycles. The van der Waals surface area contributed by atoms with Gasteiger partial charge in [0, 0.05) is 12.8 Å². The Hall–Kier alpha value is -1.66. The quantitative estimate of drug-likeness (QED) is 0.0320. The summed E-state index contributed by atoms with van der Waals surface area (Å²) in [5.41, 5.74) is 0. The summed E-state index contributed by atoms with van der Waals surface area (Å²) in [5.74, 6) is -0.0480. The molecule has 3 N–H and O–H groups in total. The van der Waals surface area contributed by atoms with Crippen molar-refractivity contribution in [3.05, 3.63) is 24.3 Å². The zero-order valence-corrected chi connectivity index (χ0v) is 48.0. The van der Waals surface area contributed by atoms with Crippen LogP contribution in [0.1, 0.15) is 354 Å². The fourth-order valence-corrected chi connectivity index (χ4v) is 10.0. The van der Waals surface area contributed by atoms with E-state index in [2.05, 4.69) is 43.5 Å². The van der Waals surface area contributed by atoms with Crippen molar-refractivity contribution >= 4 is 11.9 Å². The third-order valence-electron chi connectivity index (χ3n) is 15.0. The fourth-order valence-electron chi connectivity index (χ4n) is 10.0. The van der Waals surface area contributed by atoms with E-state index in [9.17, 15) is 19.8 Å². The lowest BCUT2D eigenvalue weighted by Crippen LogP contribution is -2.45. The Morgan fingerprint density at radius 1 is 0.380 bits per heavy atom. The summed E-state index contributed by atoms with van der Waals surface area (Å²) in [4.78, 5) is 24.6. The standard InChI is InChI=1S/C65H125NO5/c1-3-5-7-9-11-13-15-17-19-21-23-25-29-33-37-41-45-49-53-57-63(68)62(61-67)66-64(69)58-54-50-46-42-38-34-30-26-24-28-32-36-40-44-48-52-56-60-71-65(70)59-55-51-47-43-39-35-31-27-22-20-18-16-14-12-10-8-6-4-2/h20,22,24,28,62-63,67-68H,3-19,21,23,25-27,29-61H2,1-2H3,(H,66,69)/b22-20-,28-24-. The minimum atomic E-state index is -0.673. The lowest BCUT2D eigenvalue weighted by molar-refractivity contribution is -0.143. The van der Waals surface area contributed by atoms with E-state index in [0.29, 0.717) is 25.9 Å². The van der Waals surface area contributed by atoms with E-state index < -0.39 is 12.1 Å². The van der Waals surface area contributed by atoms with Crippen molar-refractivity contribution in [1.82, 2.24) is 5.32 Å². The summed E-state index contributed by atoms with van der Waals surface area (Å²) in [6, 6.07) is -0.551. The molecule has 0 spiro atoms. The maximum Gasteiger partial charge on any atom is 0.305 e. The van der Waals surface area contributed by atoms with Crippen molar-refractivity contribution in [1.29, 1.82) is 0 Å². The van der Waals surface area contributed by atoms with E-state index in [1.165, 1.54) is 263 Å². The molecule has 0 aromatic heterocycles. The van der Waals surface area contributed by atoms with E-state index in [1.54, 1.807) is 0 Å². The fraction of sp³-hybridized carbons (Fsp3) is 0.908. The highest BCUT2D eigenvalue weighted by atomic mass is 16.5. The highest BCUT2D eigenvalue weighted by Gasteiger charge is 2.20. The van der Waals surface area contributed by atoms with Gasteiger partial charge in [-0.05, 0) is 77.0 Å². The minimum Gasteiger partial charge on any atom is -0.466 e. The van der Waals surface area contributed by atoms with Crippen LogP contribution in [0.2, 0.25) is 0 Å². The molecular formula is C65H125NO5. The molecule has 0 radical (unpaired) electrons. The number of esters is 1. The largest absolute Gasteiger partial charge is 0.466 e. The summed E-state index contributed by atoms with van der Waals surface area (Å²) in [5, 5.41) is 23.3. The molecule has 0 saturated carbocycles. The van der Waals surface area contributed by atoms with Gasteiger partial charge in [0.15, 0.2) is 0 Å². The van der Waals surface area contributed by atoms with Crippen LogP contribution in [0.4, 0.5) is 0 Å². The van der Waals surface area contributed by atoms with Gasteiger partial charge in [-0.15, -0.1) is 0 Å². The molecule has 0 rings (SSSR count). The van der Waals surface area contributed by atoms with Gasteiger partial charge < -0.3 is 20.3 Å². The monoisotopic (exact) mass is 1000 g/mol. The number of amides is 1. The number of hydrogen-bond donors (Lipinski definition) is 3. The molecular weight excluding hydrogens is 875 g/mol. The van der Waals surface area contributed by atoms with Gasteiger partial charge in [-0.25, -0.2) is 0 Å². The number of nitrogens with one attached hydrogen (secondary N) is 1. The van der Waals surface area contributed by atoms with Crippen LogP contribution in [0.15, 0.2) is 24.3 Å². The van der Waals surface area contributed by atoms with Crippen LogP contribution in [0.25, 0.3) is 0 Å². The van der Waals surface area contributed by atoms with Crippen LogP contribution in [0.3, 0.4) is 0 Å². The molecule has 6 heteroatoms. The molecule has 2 unspecified atom stereocenters. The van der Waals surface area contributed by atoms with Crippen molar-refractivity contribution in [3.63, 3.8) is 0 Å². The molecule has 0 bridgehead atoms. The van der Waals surface area contributed by atoms with Gasteiger partial charge in [-0.2, -0.15) is 0 Å². The van der Waals surface area contributed by atoms with Crippen LogP contribution in [0.5, 0.6) is 0 Å². The summed E-state index contributed by atoms with van der Waals surface area (Å²) in [6.45, 7) is 4.96. The highest BCUT2D eigenvalue weighted by molar-refractivity contribution is 5.76. The van der Waals surface area contributed by atoms with Gasteiger partial charge >= 0.3 is 5.97 Å². The zero-order valence-electron chi connectivity index (χ0n) is 48.0. The summed E-state index contributed by atoms with van der Waals surface area (Å²) in [6.07, 6.45) is 74.7. The van der Waals surface area contributed by atoms with E-state index in [-0.39, 0.29) is 18.5 Å². The average molecular weight is 1000 g/mol. The Morgan fingerprint density at radius 3 is 1.00 bits per heavy atom. The first-order chi connectivity index (χ1) is 35.0. The number of carbonyl (C=O) groups is 2. The van der Waals surface area contributed by atoms with Crippen molar-refractivity contribution in [2.24, 2.45) is 0 Å². The average Bonchev–Trinajstić information content (AvgIpc) is 3.37. The van der Waals surface area contributed by atoms with E-state index in [4.69, 9.17) is 4.74 Å². The summed E-state index contributed by atoms with van der Waals surface area (Å²) < 4.78 is 5.49. The topological polar surface area (TPSA) is 95.9 Å². The number of ether oxygens (including phenoxy) is 1. The van der Waals surface area contributed by atoms with Crippen LogP contribution < -0.4 is 5.32 Å². The molecule has 0 aliphatic carbocycles. The number of aliphatic hydroxyl groups is 2.